The summed E-state index contributed by atoms with van der Waals surface area (Å²) >= 11 is 1.56. The summed E-state index contributed by atoms with van der Waals surface area (Å²) in [6, 6.07) is 15.1. The van der Waals surface area contributed by atoms with Crippen molar-refractivity contribution in [2.45, 2.75) is 6.04 Å². The maximum Gasteiger partial charge on any atom is 0.290 e. The van der Waals surface area contributed by atoms with Gasteiger partial charge in [-0.2, -0.15) is 0 Å². The topological polar surface area (TPSA) is 63.0 Å². The first-order valence-corrected chi connectivity index (χ1v) is 11.7. The maximum atomic E-state index is 13.7. The molecule has 6 nitrogen and oxygen atoms in total. The molecule has 1 fully saturated rings. The molecule has 1 saturated heterocycles. The zero-order chi connectivity index (χ0) is 21.7. The quantitative estimate of drug-likeness (QED) is 0.445. The van der Waals surface area contributed by atoms with E-state index >= 15 is 0 Å². The number of amides is 1. The second-order valence-corrected chi connectivity index (χ2v) is 9.19. The van der Waals surface area contributed by atoms with Gasteiger partial charge in [0.25, 0.3) is 5.91 Å². The van der Waals surface area contributed by atoms with Crippen molar-refractivity contribution in [1.82, 2.24) is 9.80 Å². The van der Waals surface area contributed by atoms with Gasteiger partial charge >= 0.3 is 0 Å². The standard InChI is InChI=1S/C25H22N2O4S/c28-22-18-8-7-16-4-1-2-5-17(16)23(18)31-24-20(22)21(19-6-3-15-32-19)27(25(24)29)10-9-26-11-13-30-14-12-26/h1-8,15,21H,9-14H2. The molecule has 162 valence electrons. The van der Waals surface area contributed by atoms with Crippen LogP contribution >= 0.6 is 11.3 Å². The highest BCUT2D eigenvalue weighted by Gasteiger charge is 2.43. The van der Waals surface area contributed by atoms with Crippen LogP contribution in [0.15, 0.2) is 63.1 Å². The predicted octanol–water partition coefficient (Wildman–Crippen LogP) is 3.89. The summed E-state index contributed by atoms with van der Waals surface area (Å²) in [6.07, 6.45) is 0. The number of hydrogen-bond donors (Lipinski definition) is 0. The Balaban J connectivity index is 1.49. The molecule has 2 aliphatic rings. The lowest BCUT2D eigenvalue weighted by Crippen LogP contribution is -2.42. The SMILES string of the molecule is O=C1c2oc3c(ccc4ccccc43)c(=O)c2C(c2cccs2)N1CCN1CCOCC1. The number of nitrogens with zero attached hydrogens (tertiary/aromatic N) is 2. The van der Waals surface area contributed by atoms with Crippen LogP contribution in [0.4, 0.5) is 0 Å². The summed E-state index contributed by atoms with van der Waals surface area (Å²) in [5.41, 5.74) is 0.829. The Hall–Kier alpha value is -3.00. The van der Waals surface area contributed by atoms with Crippen molar-refractivity contribution in [2.24, 2.45) is 0 Å². The summed E-state index contributed by atoms with van der Waals surface area (Å²) < 4.78 is 11.7. The Bertz CT molecular complexity index is 1370. The number of benzene rings is 2. The van der Waals surface area contributed by atoms with Crippen LogP contribution in [0.1, 0.15) is 27.0 Å². The normalized spacial score (nSPS) is 19.2. The first-order valence-electron chi connectivity index (χ1n) is 10.9. The van der Waals surface area contributed by atoms with Gasteiger partial charge in [0, 0.05) is 36.4 Å². The van der Waals surface area contributed by atoms with E-state index < -0.39 is 6.04 Å². The molecule has 0 aliphatic carbocycles. The first-order chi connectivity index (χ1) is 15.7. The van der Waals surface area contributed by atoms with Gasteiger partial charge in [0.1, 0.15) is 5.58 Å². The van der Waals surface area contributed by atoms with Crippen molar-refractivity contribution in [3.05, 3.63) is 80.3 Å². The van der Waals surface area contributed by atoms with E-state index in [0.717, 1.165) is 35.3 Å². The molecule has 7 heteroatoms. The number of carbonyl (C=O) groups is 1. The summed E-state index contributed by atoms with van der Waals surface area (Å²) in [7, 11) is 0. The van der Waals surface area contributed by atoms with Crippen molar-refractivity contribution in [2.75, 3.05) is 39.4 Å². The van der Waals surface area contributed by atoms with Gasteiger partial charge in [0.2, 0.25) is 5.76 Å². The molecule has 6 rings (SSSR count). The lowest BCUT2D eigenvalue weighted by molar-refractivity contribution is 0.0315. The zero-order valence-corrected chi connectivity index (χ0v) is 18.3. The van der Waals surface area contributed by atoms with Gasteiger partial charge in [-0.1, -0.05) is 36.4 Å². The molecule has 4 heterocycles. The van der Waals surface area contributed by atoms with E-state index in [1.807, 2.05) is 53.9 Å². The Morgan fingerprint density at radius 2 is 1.78 bits per heavy atom. The molecule has 2 aromatic heterocycles. The molecule has 1 amide bonds. The van der Waals surface area contributed by atoms with Crippen LogP contribution in [-0.4, -0.2) is 55.1 Å². The van der Waals surface area contributed by atoms with E-state index in [4.69, 9.17) is 9.15 Å². The summed E-state index contributed by atoms with van der Waals surface area (Å²) in [6.45, 7) is 4.39. The van der Waals surface area contributed by atoms with E-state index in [1.54, 1.807) is 16.2 Å². The molecule has 0 bridgehead atoms. The summed E-state index contributed by atoms with van der Waals surface area (Å²) in [4.78, 5) is 32.3. The van der Waals surface area contributed by atoms with E-state index in [9.17, 15) is 9.59 Å². The zero-order valence-electron chi connectivity index (χ0n) is 17.5. The van der Waals surface area contributed by atoms with Crippen LogP contribution in [0, 0.1) is 0 Å². The number of morpholine rings is 1. The largest absolute Gasteiger partial charge is 0.450 e. The van der Waals surface area contributed by atoms with Crippen LogP contribution in [0.5, 0.6) is 0 Å². The highest BCUT2D eigenvalue weighted by molar-refractivity contribution is 7.10. The molecule has 0 N–H and O–H groups in total. The van der Waals surface area contributed by atoms with Crippen LogP contribution < -0.4 is 5.43 Å². The summed E-state index contributed by atoms with van der Waals surface area (Å²) in [5, 5.41) is 4.32. The first kappa shape index (κ1) is 19.7. The molecule has 2 aromatic carbocycles. The highest BCUT2D eigenvalue weighted by atomic mass is 32.1. The van der Waals surface area contributed by atoms with Crippen LogP contribution in [0.3, 0.4) is 0 Å². The lowest BCUT2D eigenvalue weighted by atomic mass is 10.0. The van der Waals surface area contributed by atoms with E-state index in [-0.39, 0.29) is 17.1 Å². The lowest BCUT2D eigenvalue weighted by Gasteiger charge is -2.30. The van der Waals surface area contributed by atoms with Gasteiger partial charge < -0.3 is 14.1 Å². The molecule has 1 unspecified atom stereocenters. The number of rotatable bonds is 4. The van der Waals surface area contributed by atoms with Gasteiger partial charge in [-0.05, 0) is 22.9 Å². The third kappa shape index (κ3) is 3.08. The monoisotopic (exact) mass is 446 g/mol. The Morgan fingerprint density at radius 3 is 2.59 bits per heavy atom. The minimum atomic E-state index is -0.411. The highest BCUT2D eigenvalue weighted by Crippen LogP contribution is 2.40. The average Bonchev–Trinajstić information content (AvgIpc) is 3.45. The second kappa shape index (κ2) is 7.85. The number of hydrogen-bond acceptors (Lipinski definition) is 6. The van der Waals surface area contributed by atoms with Crippen LogP contribution in [0.25, 0.3) is 21.7 Å². The number of fused-ring (bicyclic) bond motifs is 4. The number of thiophene rings is 1. The fourth-order valence-corrected chi connectivity index (χ4v) is 5.64. The third-order valence-electron chi connectivity index (χ3n) is 6.43. The fourth-order valence-electron chi connectivity index (χ4n) is 4.80. The maximum absolute atomic E-state index is 13.7. The van der Waals surface area contributed by atoms with Crippen LogP contribution in [-0.2, 0) is 4.74 Å². The van der Waals surface area contributed by atoms with Crippen molar-refractivity contribution < 1.29 is 13.9 Å². The average molecular weight is 447 g/mol. The molecule has 2 aliphatic heterocycles. The van der Waals surface area contributed by atoms with E-state index in [1.165, 1.54) is 0 Å². The Morgan fingerprint density at radius 1 is 0.938 bits per heavy atom. The van der Waals surface area contributed by atoms with Crippen molar-refractivity contribution >= 4 is 39.0 Å². The van der Waals surface area contributed by atoms with E-state index in [0.29, 0.717) is 36.3 Å². The molecule has 0 spiro atoms. The van der Waals surface area contributed by atoms with Gasteiger partial charge in [-0.15, -0.1) is 11.3 Å². The molecule has 4 aromatic rings. The van der Waals surface area contributed by atoms with Gasteiger partial charge in [0.05, 0.1) is 30.2 Å². The molecular formula is C25H22N2O4S. The molecule has 0 radical (unpaired) electrons. The number of carbonyl (C=O) groups excluding carboxylic acids is 1. The van der Waals surface area contributed by atoms with Gasteiger partial charge in [0.15, 0.2) is 5.43 Å². The van der Waals surface area contributed by atoms with Crippen molar-refractivity contribution in [3.63, 3.8) is 0 Å². The third-order valence-corrected chi connectivity index (χ3v) is 7.36. The van der Waals surface area contributed by atoms with Crippen molar-refractivity contribution in [1.29, 1.82) is 0 Å². The van der Waals surface area contributed by atoms with Crippen LogP contribution in [0.2, 0.25) is 0 Å². The predicted molar refractivity (Wildman–Crippen MR) is 124 cm³/mol. The molecular weight excluding hydrogens is 424 g/mol. The van der Waals surface area contributed by atoms with Gasteiger partial charge in [-0.3, -0.25) is 14.5 Å². The van der Waals surface area contributed by atoms with Crippen molar-refractivity contribution in [3.8, 4) is 0 Å². The van der Waals surface area contributed by atoms with E-state index in [2.05, 4.69) is 4.90 Å². The minimum Gasteiger partial charge on any atom is -0.450 e. The Kier molecular flexibility index (Phi) is 4.82. The molecule has 1 atom stereocenters. The Labute approximate surface area is 188 Å². The summed E-state index contributed by atoms with van der Waals surface area (Å²) in [5.74, 6) is -0.0298. The fraction of sp³-hybridized carbons (Fsp3) is 0.280. The smallest absolute Gasteiger partial charge is 0.290 e. The number of ether oxygens (including phenoxy) is 1. The molecule has 32 heavy (non-hydrogen) atoms. The minimum absolute atomic E-state index is 0.118. The second-order valence-electron chi connectivity index (χ2n) is 8.21. The van der Waals surface area contributed by atoms with Gasteiger partial charge in [-0.25, -0.2) is 0 Å². The molecule has 0 saturated carbocycles.